The molecule has 0 radical (unpaired) electrons. The highest BCUT2D eigenvalue weighted by Crippen LogP contribution is 2.36. The quantitative estimate of drug-likeness (QED) is 0.734. The fourth-order valence-corrected chi connectivity index (χ4v) is 3.97. The number of carbonyl (C=O) groups excluding carboxylic acids is 1. The van der Waals surface area contributed by atoms with Gasteiger partial charge in [0, 0.05) is 43.6 Å². The maximum absolute atomic E-state index is 13.4. The third-order valence-corrected chi connectivity index (χ3v) is 5.42. The van der Waals surface area contributed by atoms with Crippen molar-refractivity contribution >= 4 is 5.91 Å². The molecule has 0 spiro atoms. The molecular formula is C21H23FN2O3. The van der Waals surface area contributed by atoms with E-state index in [0.717, 1.165) is 12.0 Å². The molecule has 1 aromatic carbocycles. The first-order valence-corrected chi connectivity index (χ1v) is 9.34. The van der Waals surface area contributed by atoms with E-state index in [-0.39, 0.29) is 17.8 Å². The van der Waals surface area contributed by atoms with Crippen molar-refractivity contribution in [3.8, 4) is 0 Å². The highest BCUT2D eigenvalue weighted by molar-refractivity contribution is 5.94. The maximum Gasteiger partial charge on any atom is 0.254 e. The summed E-state index contributed by atoms with van der Waals surface area (Å²) < 4.78 is 25.1. The summed E-state index contributed by atoms with van der Waals surface area (Å²) >= 11 is 0. The third kappa shape index (κ3) is 4.17. The van der Waals surface area contributed by atoms with Gasteiger partial charge in [0.15, 0.2) is 0 Å². The van der Waals surface area contributed by atoms with Crippen molar-refractivity contribution in [2.45, 2.75) is 19.1 Å². The van der Waals surface area contributed by atoms with Crippen LogP contribution in [-0.4, -0.2) is 48.2 Å². The Bertz CT molecular complexity index is 786. The van der Waals surface area contributed by atoms with Crippen LogP contribution in [0.25, 0.3) is 0 Å². The molecule has 6 heteroatoms. The van der Waals surface area contributed by atoms with Gasteiger partial charge in [0.2, 0.25) is 0 Å². The van der Waals surface area contributed by atoms with Crippen molar-refractivity contribution in [3.63, 3.8) is 0 Å². The van der Waals surface area contributed by atoms with Crippen LogP contribution in [0.4, 0.5) is 4.39 Å². The molecule has 1 aromatic heterocycles. The monoisotopic (exact) mass is 370 g/mol. The van der Waals surface area contributed by atoms with Gasteiger partial charge in [0.25, 0.3) is 5.91 Å². The van der Waals surface area contributed by atoms with Crippen LogP contribution in [0, 0.1) is 17.7 Å². The second-order valence-corrected chi connectivity index (χ2v) is 7.22. The van der Waals surface area contributed by atoms with Gasteiger partial charge in [-0.3, -0.25) is 9.78 Å². The van der Waals surface area contributed by atoms with Gasteiger partial charge in [-0.25, -0.2) is 4.39 Å². The zero-order chi connectivity index (χ0) is 18.6. The molecule has 2 aliphatic heterocycles. The summed E-state index contributed by atoms with van der Waals surface area (Å²) in [6.07, 6.45) is 4.53. The van der Waals surface area contributed by atoms with Gasteiger partial charge in [-0.15, -0.1) is 0 Å². The lowest BCUT2D eigenvalue weighted by Gasteiger charge is -2.20. The van der Waals surface area contributed by atoms with E-state index >= 15 is 0 Å². The number of fused-ring (bicyclic) bond motifs is 1. The van der Waals surface area contributed by atoms with Gasteiger partial charge in [0.1, 0.15) is 5.82 Å². The van der Waals surface area contributed by atoms with Crippen molar-refractivity contribution in [3.05, 3.63) is 65.7 Å². The largest absolute Gasteiger partial charge is 0.377 e. The molecule has 3 heterocycles. The molecule has 2 saturated heterocycles. The van der Waals surface area contributed by atoms with Crippen LogP contribution >= 0.6 is 0 Å². The zero-order valence-electron chi connectivity index (χ0n) is 15.1. The van der Waals surface area contributed by atoms with Gasteiger partial charge in [-0.05, 0) is 42.2 Å². The first-order chi connectivity index (χ1) is 13.2. The highest BCUT2D eigenvalue weighted by Gasteiger charge is 2.44. The Hall–Kier alpha value is -2.31. The Kier molecular flexibility index (Phi) is 5.45. The molecule has 0 unspecified atom stereocenters. The van der Waals surface area contributed by atoms with Crippen LogP contribution in [0.2, 0.25) is 0 Å². The Balaban J connectivity index is 1.27. The smallest absolute Gasteiger partial charge is 0.254 e. The third-order valence-electron chi connectivity index (χ3n) is 5.42. The van der Waals surface area contributed by atoms with E-state index in [1.807, 2.05) is 18.3 Å². The maximum atomic E-state index is 13.4. The van der Waals surface area contributed by atoms with E-state index in [9.17, 15) is 9.18 Å². The molecule has 0 N–H and O–H groups in total. The van der Waals surface area contributed by atoms with E-state index in [1.54, 1.807) is 23.2 Å². The molecule has 3 atom stereocenters. The van der Waals surface area contributed by atoms with Crippen molar-refractivity contribution in [2.75, 3.05) is 26.3 Å². The molecule has 2 aliphatic rings. The molecular weight excluding hydrogens is 347 g/mol. The second-order valence-electron chi connectivity index (χ2n) is 7.22. The fraction of sp³-hybridized carbons (Fsp3) is 0.429. The van der Waals surface area contributed by atoms with Crippen molar-refractivity contribution in [2.24, 2.45) is 11.8 Å². The van der Waals surface area contributed by atoms with Crippen molar-refractivity contribution in [1.29, 1.82) is 0 Å². The average Bonchev–Trinajstić information content (AvgIpc) is 3.27. The predicted molar refractivity (Wildman–Crippen MR) is 97.5 cm³/mol. The molecule has 0 aliphatic carbocycles. The van der Waals surface area contributed by atoms with Gasteiger partial charge in [-0.2, -0.15) is 0 Å². The lowest BCUT2D eigenvalue weighted by molar-refractivity contribution is 0.0648. The first-order valence-electron chi connectivity index (χ1n) is 9.34. The number of pyridine rings is 1. The molecule has 5 nitrogen and oxygen atoms in total. The van der Waals surface area contributed by atoms with E-state index in [1.165, 1.54) is 12.1 Å². The van der Waals surface area contributed by atoms with E-state index in [4.69, 9.17) is 9.47 Å². The molecule has 4 rings (SSSR count). The van der Waals surface area contributed by atoms with Gasteiger partial charge in [-0.1, -0.05) is 12.1 Å². The Morgan fingerprint density at radius 1 is 1.30 bits per heavy atom. The molecule has 0 saturated carbocycles. The Labute approximate surface area is 158 Å². The van der Waals surface area contributed by atoms with Gasteiger partial charge in [0.05, 0.1) is 19.3 Å². The van der Waals surface area contributed by atoms with Crippen LogP contribution in [0.1, 0.15) is 22.3 Å². The molecule has 2 aromatic rings. The lowest BCUT2D eigenvalue weighted by atomic mass is 9.91. The summed E-state index contributed by atoms with van der Waals surface area (Å²) in [4.78, 5) is 18.5. The standard InChI is InChI=1S/C21H23FN2O3/c22-18-5-1-4-16(9-18)21(25)24-11-19-17(14-27-20(19)12-24)6-8-26-13-15-3-2-7-23-10-15/h1-5,7,9-10,17,19-20H,6,8,11-14H2/t17-,19-,20-/m0/s1. The molecule has 142 valence electrons. The number of benzene rings is 1. The summed E-state index contributed by atoms with van der Waals surface area (Å²) in [7, 11) is 0. The van der Waals surface area contributed by atoms with Gasteiger partial charge < -0.3 is 14.4 Å². The van der Waals surface area contributed by atoms with E-state index in [0.29, 0.717) is 50.3 Å². The fourth-order valence-electron chi connectivity index (χ4n) is 3.97. The average molecular weight is 370 g/mol. The SMILES string of the molecule is O=C(c1cccc(F)c1)N1C[C@H]2[C@@H](CCOCc3cccnc3)CO[C@H]2C1. The number of halogens is 1. The van der Waals surface area contributed by atoms with Crippen LogP contribution in [-0.2, 0) is 16.1 Å². The summed E-state index contributed by atoms with van der Waals surface area (Å²) in [6, 6.07) is 9.76. The molecule has 1 amide bonds. The summed E-state index contributed by atoms with van der Waals surface area (Å²) in [5, 5.41) is 0. The number of rotatable bonds is 6. The summed E-state index contributed by atoms with van der Waals surface area (Å²) in [5.41, 5.74) is 1.46. The zero-order valence-corrected chi connectivity index (χ0v) is 15.1. The number of ether oxygens (including phenoxy) is 2. The molecule has 2 fully saturated rings. The van der Waals surface area contributed by atoms with Crippen LogP contribution < -0.4 is 0 Å². The Morgan fingerprint density at radius 3 is 3.04 bits per heavy atom. The number of amides is 1. The second kappa shape index (κ2) is 8.15. The first kappa shape index (κ1) is 18.1. The lowest BCUT2D eigenvalue weighted by Crippen LogP contribution is -2.31. The number of aromatic nitrogens is 1. The van der Waals surface area contributed by atoms with E-state index in [2.05, 4.69) is 4.98 Å². The predicted octanol–water partition coefficient (Wildman–Crippen LogP) is 2.91. The highest BCUT2D eigenvalue weighted by atomic mass is 19.1. The minimum absolute atomic E-state index is 0.0748. The molecule has 0 bridgehead atoms. The normalized spacial score (nSPS) is 24.2. The molecule has 27 heavy (non-hydrogen) atoms. The van der Waals surface area contributed by atoms with Crippen molar-refractivity contribution in [1.82, 2.24) is 9.88 Å². The van der Waals surface area contributed by atoms with Crippen LogP contribution in [0.15, 0.2) is 48.8 Å². The number of nitrogens with zero attached hydrogens (tertiary/aromatic N) is 2. The number of likely N-dealkylation sites (tertiary alicyclic amines) is 1. The topological polar surface area (TPSA) is 51.7 Å². The van der Waals surface area contributed by atoms with Crippen molar-refractivity contribution < 1.29 is 18.7 Å². The summed E-state index contributed by atoms with van der Waals surface area (Å²) in [6.45, 7) is 3.16. The number of carbonyl (C=O) groups is 1. The number of hydrogen-bond acceptors (Lipinski definition) is 4. The minimum atomic E-state index is -0.389. The van der Waals surface area contributed by atoms with E-state index < -0.39 is 0 Å². The van der Waals surface area contributed by atoms with Gasteiger partial charge >= 0.3 is 0 Å². The van der Waals surface area contributed by atoms with Crippen LogP contribution in [0.3, 0.4) is 0 Å². The Morgan fingerprint density at radius 2 is 2.22 bits per heavy atom. The number of hydrogen-bond donors (Lipinski definition) is 0. The minimum Gasteiger partial charge on any atom is -0.377 e. The van der Waals surface area contributed by atoms with Crippen LogP contribution in [0.5, 0.6) is 0 Å². The summed E-state index contributed by atoms with van der Waals surface area (Å²) in [5.74, 6) is 0.193.